The molecule has 1 aliphatic rings. The van der Waals surface area contributed by atoms with E-state index in [-0.39, 0.29) is 17.5 Å². The molecular formula is C25H26N4O2. The molecule has 5 rings (SSSR count). The van der Waals surface area contributed by atoms with Crippen LogP contribution >= 0.6 is 0 Å². The summed E-state index contributed by atoms with van der Waals surface area (Å²) < 4.78 is 1.55. The minimum Gasteiger partial charge on any atom is -0.336 e. The van der Waals surface area contributed by atoms with Gasteiger partial charge in [-0.3, -0.25) is 19.7 Å². The van der Waals surface area contributed by atoms with Crippen LogP contribution in [-0.2, 0) is 0 Å². The maximum absolute atomic E-state index is 13.2. The summed E-state index contributed by atoms with van der Waals surface area (Å²) >= 11 is 0. The zero-order valence-electron chi connectivity index (χ0n) is 18.1. The molecule has 6 nitrogen and oxygen atoms in total. The van der Waals surface area contributed by atoms with Gasteiger partial charge in [-0.05, 0) is 81.5 Å². The predicted molar refractivity (Wildman–Crippen MR) is 123 cm³/mol. The van der Waals surface area contributed by atoms with Gasteiger partial charge in [0.25, 0.3) is 11.5 Å². The van der Waals surface area contributed by atoms with Crippen LogP contribution < -0.4 is 5.56 Å². The van der Waals surface area contributed by atoms with Gasteiger partial charge in [0, 0.05) is 29.7 Å². The number of hydrogen-bond donors (Lipinski definition) is 1. The number of likely N-dealkylation sites (tertiary alicyclic amines) is 1. The van der Waals surface area contributed by atoms with Crippen LogP contribution in [0.1, 0.15) is 47.7 Å². The lowest BCUT2D eigenvalue weighted by Crippen LogP contribution is -2.42. The number of carbonyl (C=O) groups is 1. The Morgan fingerprint density at radius 1 is 1.06 bits per heavy atom. The molecular weight excluding hydrogens is 388 g/mol. The van der Waals surface area contributed by atoms with Crippen molar-refractivity contribution in [2.75, 3.05) is 6.54 Å². The van der Waals surface area contributed by atoms with Crippen molar-refractivity contribution in [3.63, 3.8) is 0 Å². The Labute approximate surface area is 180 Å². The average molecular weight is 415 g/mol. The first-order valence-electron chi connectivity index (χ1n) is 10.9. The largest absolute Gasteiger partial charge is 0.336 e. The molecule has 0 aliphatic carbocycles. The van der Waals surface area contributed by atoms with E-state index >= 15 is 0 Å². The number of hydrogen-bond acceptors (Lipinski definition) is 3. The van der Waals surface area contributed by atoms with Gasteiger partial charge in [0.15, 0.2) is 0 Å². The molecule has 0 unspecified atom stereocenters. The Morgan fingerprint density at radius 2 is 1.90 bits per heavy atom. The van der Waals surface area contributed by atoms with Crippen LogP contribution in [-0.4, -0.2) is 38.2 Å². The molecule has 1 atom stereocenters. The monoisotopic (exact) mass is 414 g/mol. The van der Waals surface area contributed by atoms with E-state index in [2.05, 4.69) is 17.0 Å². The van der Waals surface area contributed by atoms with Crippen molar-refractivity contribution >= 4 is 27.7 Å². The maximum atomic E-state index is 13.2. The van der Waals surface area contributed by atoms with Crippen LogP contribution in [0.25, 0.3) is 27.5 Å². The molecule has 2 aromatic heterocycles. The second kappa shape index (κ2) is 7.38. The van der Waals surface area contributed by atoms with Crippen LogP contribution in [0.3, 0.4) is 0 Å². The number of aryl methyl sites for hydroxylation is 2. The lowest BCUT2D eigenvalue weighted by atomic mass is 10.0. The van der Waals surface area contributed by atoms with Gasteiger partial charge in [0.05, 0.1) is 22.1 Å². The van der Waals surface area contributed by atoms with Crippen molar-refractivity contribution in [2.24, 2.45) is 0 Å². The number of aromatic nitrogens is 3. The Hall–Kier alpha value is -3.41. The molecule has 158 valence electrons. The molecule has 6 heteroatoms. The summed E-state index contributed by atoms with van der Waals surface area (Å²) in [7, 11) is 0. The van der Waals surface area contributed by atoms with E-state index in [1.54, 1.807) is 10.9 Å². The molecule has 1 N–H and O–H groups in total. The van der Waals surface area contributed by atoms with Crippen molar-refractivity contribution in [2.45, 2.75) is 46.1 Å². The highest BCUT2D eigenvalue weighted by atomic mass is 16.2. The minimum absolute atomic E-state index is 0.0436. The summed E-state index contributed by atoms with van der Waals surface area (Å²) in [5.41, 5.74) is 5.03. The normalized spacial score (nSPS) is 16.9. The standard InChI is InChI=1S/C25H26N4O2/c1-15-7-9-19(12-16(15)2)29-25(31)21-14-26-22-10-8-18(13-20(22)23(21)27-29)24(30)28-11-5-4-6-17(28)3/h7-10,12-14,17,27H,4-6,11H2,1-3H3/t17-/m1/s1. The smallest absolute Gasteiger partial charge is 0.280 e. The Morgan fingerprint density at radius 3 is 2.68 bits per heavy atom. The van der Waals surface area contributed by atoms with Crippen LogP contribution in [0.2, 0.25) is 0 Å². The third kappa shape index (κ3) is 3.23. The Bertz CT molecular complexity index is 1380. The molecule has 0 spiro atoms. The number of nitrogens with zero attached hydrogens (tertiary/aromatic N) is 3. The third-order valence-corrected chi connectivity index (χ3v) is 6.58. The molecule has 2 aromatic carbocycles. The van der Waals surface area contributed by atoms with Crippen LogP contribution in [0, 0.1) is 13.8 Å². The highest BCUT2D eigenvalue weighted by Gasteiger charge is 2.24. The van der Waals surface area contributed by atoms with Gasteiger partial charge in [-0.15, -0.1) is 0 Å². The van der Waals surface area contributed by atoms with Gasteiger partial charge in [-0.1, -0.05) is 6.07 Å². The van der Waals surface area contributed by atoms with Gasteiger partial charge >= 0.3 is 0 Å². The summed E-state index contributed by atoms with van der Waals surface area (Å²) in [6.45, 7) is 6.98. The molecule has 1 amide bonds. The van der Waals surface area contributed by atoms with Gasteiger partial charge in [-0.25, -0.2) is 4.68 Å². The number of amides is 1. The number of piperidine rings is 1. The molecule has 0 bridgehead atoms. The molecule has 1 fully saturated rings. The fraction of sp³-hybridized carbons (Fsp3) is 0.320. The van der Waals surface area contributed by atoms with E-state index in [1.165, 1.54) is 12.0 Å². The molecule has 4 aromatic rings. The molecule has 3 heterocycles. The van der Waals surface area contributed by atoms with Crippen molar-refractivity contribution in [3.05, 3.63) is 69.6 Å². The number of aromatic amines is 1. The van der Waals surface area contributed by atoms with Crippen molar-refractivity contribution in [3.8, 4) is 5.69 Å². The number of benzene rings is 2. The van der Waals surface area contributed by atoms with Gasteiger partial charge < -0.3 is 4.90 Å². The number of rotatable bonds is 2. The Kier molecular flexibility index (Phi) is 4.65. The zero-order valence-corrected chi connectivity index (χ0v) is 18.1. The summed E-state index contributed by atoms with van der Waals surface area (Å²) in [4.78, 5) is 32.7. The number of pyridine rings is 1. The van der Waals surface area contributed by atoms with E-state index in [1.807, 2.05) is 55.1 Å². The molecule has 1 aliphatic heterocycles. The van der Waals surface area contributed by atoms with Crippen LogP contribution in [0.5, 0.6) is 0 Å². The molecule has 31 heavy (non-hydrogen) atoms. The van der Waals surface area contributed by atoms with Crippen molar-refractivity contribution in [1.29, 1.82) is 0 Å². The number of H-pyrrole nitrogens is 1. The van der Waals surface area contributed by atoms with Crippen molar-refractivity contribution < 1.29 is 4.79 Å². The van der Waals surface area contributed by atoms with Crippen molar-refractivity contribution in [1.82, 2.24) is 19.7 Å². The highest BCUT2D eigenvalue weighted by Crippen LogP contribution is 2.25. The fourth-order valence-corrected chi connectivity index (χ4v) is 4.50. The lowest BCUT2D eigenvalue weighted by Gasteiger charge is -2.33. The summed E-state index contributed by atoms with van der Waals surface area (Å²) in [6, 6.07) is 11.8. The van der Waals surface area contributed by atoms with E-state index in [4.69, 9.17) is 0 Å². The first kappa shape index (κ1) is 19.5. The molecule has 0 saturated carbocycles. The van der Waals surface area contributed by atoms with Crippen LogP contribution in [0.15, 0.2) is 47.4 Å². The number of carbonyl (C=O) groups excluding carboxylic acids is 1. The van der Waals surface area contributed by atoms with Gasteiger partial charge in [-0.2, -0.15) is 0 Å². The summed E-state index contributed by atoms with van der Waals surface area (Å²) in [5.74, 6) is 0.0436. The van der Waals surface area contributed by atoms with Crippen LogP contribution in [0.4, 0.5) is 0 Å². The lowest BCUT2D eigenvalue weighted by molar-refractivity contribution is 0.0636. The minimum atomic E-state index is -0.144. The zero-order chi connectivity index (χ0) is 21.7. The van der Waals surface area contributed by atoms with Gasteiger partial charge in [0.1, 0.15) is 0 Å². The van der Waals surface area contributed by atoms with E-state index in [0.29, 0.717) is 16.5 Å². The summed E-state index contributed by atoms with van der Waals surface area (Å²) in [5, 5.41) is 4.56. The second-order valence-electron chi connectivity index (χ2n) is 8.64. The van der Waals surface area contributed by atoms with E-state index in [0.717, 1.165) is 41.5 Å². The first-order valence-corrected chi connectivity index (χ1v) is 10.9. The topological polar surface area (TPSA) is 71.0 Å². The van der Waals surface area contributed by atoms with Gasteiger partial charge in [0.2, 0.25) is 0 Å². The SMILES string of the molecule is Cc1ccc(-n2[nH]c3c(cnc4ccc(C(=O)N5CCCC[C@H]5C)cc43)c2=O)cc1C. The average Bonchev–Trinajstić information content (AvgIpc) is 3.12. The molecule has 0 radical (unpaired) electrons. The number of nitrogens with one attached hydrogen (secondary N) is 1. The maximum Gasteiger partial charge on any atom is 0.280 e. The van der Waals surface area contributed by atoms with E-state index in [9.17, 15) is 9.59 Å². The Balaban J connectivity index is 1.65. The predicted octanol–water partition coefficient (Wildman–Crippen LogP) is 4.50. The number of fused-ring (bicyclic) bond motifs is 3. The fourth-order valence-electron chi connectivity index (χ4n) is 4.50. The second-order valence-corrected chi connectivity index (χ2v) is 8.64. The summed E-state index contributed by atoms with van der Waals surface area (Å²) in [6.07, 6.45) is 4.86. The van der Waals surface area contributed by atoms with E-state index < -0.39 is 0 Å². The quantitative estimate of drug-likeness (QED) is 0.525. The first-order chi connectivity index (χ1) is 14.9. The highest BCUT2D eigenvalue weighted by molar-refractivity contribution is 6.06. The molecule has 1 saturated heterocycles. The third-order valence-electron chi connectivity index (χ3n) is 6.58.